The fourth-order valence-corrected chi connectivity index (χ4v) is 5.33. The zero-order valence-corrected chi connectivity index (χ0v) is 14.0. The van der Waals surface area contributed by atoms with Crippen LogP contribution in [0.15, 0.2) is 0 Å². The standard InChI is InChI=1S/C18H30O3/c1-5-16(2,3)15(19)21-12-17-7-13-6-14(8-17)10-18(9-13,11-17)20-4/h13-14H,5-12H2,1-4H3. The molecule has 3 nitrogen and oxygen atoms in total. The molecular weight excluding hydrogens is 264 g/mol. The Balaban J connectivity index is 1.69. The van der Waals surface area contributed by atoms with Gasteiger partial charge in [0, 0.05) is 12.5 Å². The van der Waals surface area contributed by atoms with E-state index in [9.17, 15) is 4.79 Å². The van der Waals surface area contributed by atoms with Crippen LogP contribution in [0, 0.1) is 22.7 Å². The van der Waals surface area contributed by atoms with Gasteiger partial charge < -0.3 is 9.47 Å². The van der Waals surface area contributed by atoms with Crippen LogP contribution in [-0.2, 0) is 14.3 Å². The third-order valence-electron chi connectivity index (χ3n) is 6.51. The van der Waals surface area contributed by atoms with E-state index < -0.39 is 0 Å². The first-order valence-electron chi connectivity index (χ1n) is 8.54. The van der Waals surface area contributed by atoms with E-state index in [-0.39, 0.29) is 22.4 Å². The summed E-state index contributed by atoms with van der Waals surface area (Å²) in [5.41, 5.74) is -0.0857. The number of carbonyl (C=O) groups is 1. The van der Waals surface area contributed by atoms with Crippen LogP contribution in [0.4, 0.5) is 0 Å². The highest BCUT2D eigenvalue weighted by molar-refractivity contribution is 5.75. The van der Waals surface area contributed by atoms with Gasteiger partial charge in [-0.2, -0.15) is 0 Å². The number of carbonyl (C=O) groups excluding carboxylic acids is 1. The van der Waals surface area contributed by atoms with Crippen LogP contribution in [0.2, 0.25) is 0 Å². The first kappa shape index (κ1) is 15.3. The Hall–Kier alpha value is -0.570. The number of hydrogen-bond donors (Lipinski definition) is 0. The molecule has 4 aliphatic rings. The molecule has 0 aliphatic heterocycles. The number of hydrogen-bond acceptors (Lipinski definition) is 3. The highest BCUT2D eigenvalue weighted by Gasteiger charge is 2.58. The Kier molecular flexibility index (Phi) is 3.63. The molecule has 0 amide bonds. The molecule has 2 unspecified atom stereocenters. The lowest BCUT2D eigenvalue weighted by Gasteiger charge is -2.61. The van der Waals surface area contributed by atoms with E-state index in [1.807, 2.05) is 27.9 Å². The lowest BCUT2D eigenvalue weighted by atomic mass is 9.48. The molecule has 0 radical (unpaired) electrons. The van der Waals surface area contributed by atoms with Gasteiger partial charge in [-0.1, -0.05) is 6.92 Å². The summed E-state index contributed by atoms with van der Waals surface area (Å²) in [6, 6.07) is 0. The van der Waals surface area contributed by atoms with Crippen molar-refractivity contribution in [1.29, 1.82) is 0 Å². The number of ether oxygens (including phenoxy) is 2. The van der Waals surface area contributed by atoms with Gasteiger partial charge in [-0.3, -0.25) is 4.79 Å². The predicted molar refractivity (Wildman–Crippen MR) is 81.9 cm³/mol. The van der Waals surface area contributed by atoms with Gasteiger partial charge in [-0.05, 0) is 70.6 Å². The van der Waals surface area contributed by atoms with Crippen LogP contribution in [0.1, 0.15) is 65.7 Å². The average molecular weight is 294 g/mol. The third-order valence-corrected chi connectivity index (χ3v) is 6.51. The SMILES string of the molecule is CCC(C)(C)C(=O)OCC12CC3CC(C1)CC(OC)(C3)C2. The van der Waals surface area contributed by atoms with Crippen molar-refractivity contribution in [3.05, 3.63) is 0 Å². The minimum Gasteiger partial charge on any atom is -0.465 e. The second-order valence-electron chi connectivity index (χ2n) is 8.66. The molecule has 4 saturated carbocycles. The molecule has 4 rings (SSSR count). The summed E-state index contributed by atoms with van der Waals surface area (Å²) in [7, 11) is 1.87. The predicted octanol–water partition coefficient (Wildman–Crippen LogP) is 3.95. The van der Waals surface area contributed by atoms with Crippen LogP contribution in [0.5, 0.6) is 0 Å². The molecule has 0 spiro atoms. The molecule has 0 aromatic rings. The average Bonchev–Trinajstić information content (AvgIpc) is 2.43. The largest absolute Gasteiger partial charge is 0.465 e. The normalized spacial score (nSPS) is 41.3. The minimum absolute atomic E-state index is 0.0350. The van der Waals surface area contributed by atoms with Crippen molar-refractivity contribution >= 4 is 5.97 Å². The van der Waals surface area contributed by atoms with Crippen LogP contribution in [0.3, 0.4) is 0 Å². The summed E-state index contributed by atoms with van der Waals surface area (Å²) in [5, 5.41) is 0. The molecule has 4 aliphatic carbocycles. The Morgan fingerprint density at radius 2 is 1.81 bits per heavy atom. The summed E-state index contributed by atoms with van der Waals surface area (Å²) in [6.07, 6.45) is 8.17. The molecule has 0 saturated heterocycles. The summed E-state index contributed by atoms with van der Waals surface area (Å²) >= 11 is 0. The molecule has 4 bridgehead atoms. The Morgan fingerprint density at radius 3 is 2.33 bits per heavy atom. The number of methoxy groups -OCH3 is 1. The second-order valence-corrected chi connectivity index (χ2v) is 8.66. The zero-order chi connectivity index (χ0) is 15.3. The van der Waals surface area contributed by atoms with Gasteiger partial charge in [0.15, 0.2) is 0 Å². The fourth-order valence-electron chi connectivity index (χ4n) is 5.33. The summed E-state index contributed by atoms with van der Waals surface area (Å²) in [4.78, 5) is 12.3. The van der Waals surface area contributed by atoms with E-state index >= 15 is 0 Å². The topological polar surface area (TPSA) is 35.5 Å². The molecule has 4 fully saturated rings. The molecule has 0 aromatic carbocycles. The van der Waals surface area contributed by atoms with Gasteiger partial charge in [0.2, 0.25) is 0 Å². The Labute approximate surface area is 128 Å². The van der Waals surface area contributed by atoms with Gasteiger partial charge in [-0.25, -0.2) is 0 Å². The molecule has 0 heterocycles. The summed E-state index contributed by atoms with van der Waals surface area (Å²) < 4.78 is 11.7. The molecular formula is C18H30O3. The lowest BCUT2D eigenvalue weighted by molar-refractivity contribution is -0.200. The van der Waals surface area contributed by atoms with E-state index in [1.54, 1.807) is 0 Å². The molecule has 21 heavy (non-hydrogen) atoms. The third kappa shape index (κ3) is 2.62. The van der Waals surface area contributed by atoms with Gasteiger partial charge in [0.05, 0.1) is 17.6 Å². The zero-order valence-electron chi connectivity index (χ0n) is 14.0. The molecule has 0 N–H and O–H groups in total. The van der Waals surface area contributed by atoms with Gasteiger partial charge in [-0.15, -0.1) is 0 Å². The van der Waals surface area contributed by atoms with Crippen molar-refractivity contribution in [2.45, 2.75) is 71.3 Å². The van der Waals surface area contributed by atoms with Crippen LogP contribution < -0.4 is 0 Å². The van der Waals surface area contributed by atoms with E-state index in [0.717, 1.165) is 24.7 Å². The maximum Gasteiger partial charge on any atom is 0.311 e. The quantitative estimate of drug-likeness (QED) is 0.720. The van der Waals surface area contributed by atoms with E-state index in [1.165, 1.54) is 32.1 Å². The fraction of sp³-hybridized carbons (Fsp3) is 0.944. The van der Waals surface area contributed by atoms with Crippen molar-refractivity contribution < 1.29 is 14.3 Å². The number of rotatable bonds is 5. The first-order chi connectivity index (χ1) is 9.82. The van der Waals surface area contributed by atoms with Gasteiger partial charge >= 0.3 is 5.97 Å². The van der Waals surface area contributed by atoms with Crippen LogP contribution in [0.25, 0.3) is 0 Å². The van der Waals surface area contributed by atoms with Gasteiger partial charge in [0.25, 0.3) is 0 Å². The summed E-state index contributed by atoms with van der Waals surface area (Å²) in [5.74, 6) is 1.53. The lowest BCUT2D eigenvalue weighted by Crippen LogP contribution is -2.58. The van der Waals surface area contributed by atoms with E-state index in [4.69, 9.17) is 9.47 Å². The molecule has 0 aromatic heterocycles. The maximum absolute atomic E-state index is 12.3. The van der Waals surface area contributed by atoms with Gasteiger partial charge in [0.1, 0.15) is 0 Å². The molecule has 120 valence electrons. The van der Waals surface area contributed by atoms with E-state index in [2.05, 4.69) is 0 Å². The van der Waals surface area contributed by atoms with E-state index in [0.29, 0.717) is 6.61 Å². The Morgan fingerprint density at radius 1 is 1.19 bits per heavy atom. The smallest absolute Gasteiger partial charge is 0.311 e. The Bertz CT molecular complexity index is 412. The highest BCUT2D eigenvalue weighted by atomic mass is 16.5. The van der Waals surface area contributed by atoms with Crippen LogP contribution in [-0.4, -0.2) is 25.3 Å². The molecule has 3 heteroatoms. The maximum atomic E-state index is 12.3. The first-order valence-corrected chi connectivity index (χ1v) is 8.54. The van der Waals surface area contributed by atoms with Crippen LogP contribution >= 0.6 is 0 Å². The molecule has 2 atom stereocenters. The second kappa shape index (κ2) is 4.97. The van der Waals surface area contributed by atoms with Crippen molar-refractivity contribution in [1.82, 2.24) is 0 Å². The highest BCUT2D eigenvalue weighted by Crippen LogP contribution is 2.62. The summed E-state index contributed by atoms with van der Waals surface area (Å²) in [6.45, 7) is 6.61. The minimum atomic E-state index is -0.360. The van der Waals surface area contributed by atoms with Crippen molar-refractivity contribution in [2.75, 3.05) is 13.7 Å². The van der Waals surface area contributed by atoms with Crippen molar-refractivity contribution in [2.24, 2.45) is 22.7 Å². The van der Waals surface area contributed by atoms with Crippen molar-refractivity contribution in [3.8, 4) is 0 Å². The van der Waals surface area contributed by atoms with Crippen molar-refractivity contribution in [3.63, 3.8) is 0 Å². The number of esters is 1. The monoisotopic (exact) mass is 294 g/mol.